The van der Waals surface area contributed by atoms with Gasteiger partial charge in [0.2, 0.25) is 0 Å². The van der Waals surface area contributed by atoms with E-state index in [9.17, 15) is 0 Å². The van der Waals surface area contributed by atoms with Crippen LogP contribution in [0.15, 0.2) is 36.5 Å². The van der Waals surface area contributed by atoms with Gasteiger partial charge in [0.05, 0.1) is 11.8 Å². The molecule has 1 heterocycles. The molecule has 1 aromatic carbocycles. The van der Waals surface area contributed by atoms with E-state index in [1.165, 1.54) is 5.56 Å². The number of benzene rings is 1. The van der Waals surface area contributed by atoms with Crippen molar-refractivity contribution in [2.75, 3.05) is 6.54 Å². The largest absolute Gasteiger partial charge is 0.491 e. The van der Waals surface area contributed by atoms with Gasteiger partial charge in [-0.3, -0.25) is 4.68 Å². The highest BCUT2D eigenvalue weighted by Gasteiger charge is 2.00. The number of nitrogens with zero attached hydrogens (tertiary/aromatic N) is 2. The van der Waals surface area contributed by atoms with Gasteiger partial charge in [0, 0.05) is 32.8 Å². The van der Waals surface area contributed by atoms with E-state index < -0.39 is 0 Å². The molecule has 0 saturated carbocycles. The standard InChI is InChI=1S/C16H23N3O/c1-13(2)20-16-6-4-5-14(11-16)12-17-9-7-15-8-10-19(3)18-15/h4-6,8,10-11,13,17H,7,9,12H2,1-3H3. The van der Waals surface area contributed by atoms with E-state index in [1.807, 2.05) is 43.9 Å². The Morgan fingerprint density at radius 1 is 1.30 bits per heavy atom. The molecule has 1 N–H and O–H groups in total. The highest BCUT2D eigenvalue weighted by molar-refractivity contribution is 5.28. The Kier molecular flexibility index (Phi) is 5.18. The molecule has 0 amide bonds. The van der Waals surface area contributed by atoms with Crippen molar-refractivity contribution in [3.8, 4) is 5.75 Å². The Labute approximate surface area is 120 Å². The smallest absolute Gasteiger partial charge is 0.120 e. The molecule has 4 nitrogen and oxygen atoms in total. The summed E-state index contributed by atoms with van der Waals surface area (Å²) in [6.07, 6.45) is 3.13. The zero-order valence-corrected chi connectivity index (χ0v) is 12.5. The lowest BCUT2D eigenvalue weighted by Crippen LogP contribution is -2.17. The maximum atomic E-state index is 5.69. The lowest BCUT2D eigenvalue weighted by molar-refractivity contribution is 0.242. The highest BCUT2D eigenvalue weighted by Crippen LogP contribution is 2.14. The maximum absolute atomic E-state index is 5.69. The summed E-state index contributed by atoms with van der Waals surface area (Å²) < 4.78 is 7.53. The summed E-state index contributed by atoms with van der Waals surface area (Å²) in [4.78, 5) is 0. The molecule has 108 valence electrons. The van der Waals surface area contributed by atoms with Crippen molar-refractivity contribution < 1.29 is 4.74 Å². The van der Waals surface area contributed by atoms with E-state index in [1.54, 1.807) is 0 Å². The van der Waals surface area contributed by atoms with Crippen LogP contribution < -0.4 is 10.1 Å². The molecule has 20 heavy (non-hydrogen) atoms. The molecule has 0 saturated heterocycles. The molecular weight excluding hydrogens is 250 g/mol. The molecule has 2 aromatic rings. The Bertz CT molecular complexity index is 534. The Balaban J connectivity index is 1.76. The summed E-state index contributed by atoms with van der Waals surface area (Å²) in [6, 6.07) is 10.3. The van der Waals surface area contributed by atoms with Crippen LogP contribution in [0.4, 0.5) is 0 Å². The molecule has 2 rings (SSSR count). The SMILES string of the molecule is CC(C)Oc1cccc(CNCCc2ccn(C)n2)c1. The number of nitrogens with one attached hydrogen (secondary N) is 1. The molecule has 0 bridgehead atoms. The predicted molar refractivity (Wildman–Crippen MR) is 80.8 cm³/mol. The number of aryl methyl sites for hydroxylation is 1. The molecule has 0 atom stereocenters. The second-order valence-corrected chi connectivity index (χ2v) is 5.22. The van der Waals surface area contributed by atoms with Crippen LogP contribution in [-0.2, 0) is 20.0 Å². The van der Waals surface area contributed by atoms with Crippen LogP contribution in [0, 0.1) is 0 Å². The molecule has 0 spiro atoms. The Hall–Kier alpha value is -1.81. The topological polar surface area (TPSA) is 39.1 Å². The minimum atomic E-state index is 0.211. The fourth-order valence-electron chi connectivity index (χ4n) is 2.05. The van der Waals surface area contributed by atoms with E-state index in [2.05, 4.69) is 28.6 Å². The van der Waals surface area contributed by atoms with E-state index in [4.69, 9.17) is 4.74 Å². The monoisotopic (exact) mass is 273 g/mol. The number of hydrogen-bond acceptors (Lipinski definition) is 3. The van der Waals surface area contributed by atoms with Crippen molar-refractivity contribution in [1.82, 2.24) is 15.1 Å². The van der Waals surface area contributed by atoms with Crippen LogP contribution in [-0.4, -0.2) is 22.4 Å². The van der Waals surface area contributed by atoms with Gasteiger partial charge in [0.15, 0.2) is 0 Å². The average molecular weight is 273 g/mol. The summed E-state index contributed by atoms with van der Waals surface area (Å²) >= 11 is 0. The number of hydrogen-bond donors (Lipinski definition) is 1. The third-order valence-corrected chi connectivity index (χ3v) is 2.93. The molecule has 0 radical (unpaired) electrons. The van der Waals surface area contributed by atoms with E-state index >= 15 is 0 Å². The van der Waals surface area contributed by atoms with Gasteiger partial charge in [-0.05, 0) is 37.6 Å². The first-order valence-electron chi connectivity index (χ1n) is 7.08. The second-order valence-electron chi connectivity index (χ2n) is 5.22. The zero-order valence-electron chi connectivity index (χ0n) is 12.5. The third kappa shape index (κ3) is 4.70. The van der Waals surface area contributed by atoms with Crippen molar-refractivity contribution in [3.05, 3.63) is 47.8 Å². The van der Waals surface area contributed by atoms with Crippen LogP contribution in [0.2, 0.25) is 0 Å². The van der Waals surface area contributed by atoms with Crippen molar-refractivity contribution >= 4 is 0 Å². The van der Waals surface area contributed by atoms with Gasteiger partial charge >= 0.3 is 0 Å². The minimum absolute atomic E-state index is 0.211. The normalized spacial score (nSPS) is 11.0. The van der Waals surface area contributed by atoms with E-state index in [-0.39, 0.29) is 6.10 Å². The van der Waals surface area contributed by atoms with Crippen LogP contribution in [0.5, 0.6) is 5.75 Å². The molecule has 0 fully saturated rings. The minimum Gasteiger partial charge on any atom is -0.491 e. The molecular formula is C16H23N3O. The van der Waals surface area contributed by atoms with Gasteiger partial charge in [-0.2, -0.15) is 5.10 Å². The first-order valence-corrected chi connectivity index (χ1v) is 7.08. The number of ether oxygens (including phenoxy) is 1. The Morgan fingerprint density at radius 3 is 2.85 bits per heavy atom. The van der Waals surface area contributed by atoms with Crippen LogP contribution >= 0.6 is 0 Å². The van der Waals surface area contributed by atoms with Crippen LogP contribution in [0.25, 0.3) is 0 Å². The summed E-state index contributed by atoms with van der Waals surface area (Å²) in [5.41, 5.74) is 2.36. The van der Waals surface area contributed by atoms with Crippen molar-refractivity contribution in [2.24, 2.45) is 7.05 Å². The van der Waals surface area contributed by atoms with Crippen LogP contribution in [0.3, 0.4) is 0 Å². The Morgan fingerprint density at radius 2 is 2.15 bits per heavy atom. The molecule has 0 aliphatic rings. The van der Waals surface area contributed by atoms with E-state index in [0.717, 1.165) is 31.0 Å². The van der Waals surface area contributed by atoms with Gasteiger partial charge in [0.25, 0.3) is 0 Å². The summed E-state index contributed by atoms with van der Waals surface area (Å²) in [7, 11) is 1.94. The molecule has 0 aliphatic carbocycles. The number of rotatable bonds is 7. The molecule has 4 heteroatoms. The van der Waals surface area contributed by atoms with Crippen molar-refractivity contribution in [3.63, 3.8) is 0 Å². The molecule has 0 aliphatic heterocycles. The van der Waals surface area contributed by atoms with Gasteiger partial charge in [-0.1, -0.05) is 12.1 Å². The second kappa shape index (κ2) is 7.10. The van der Waals surface area contributed by atoms with Gasteiger partial charge in [-0.25, -0.2) is 0 Å². The first-order chi connectivity index (χ1) is 9.63. The van der Waals surface area contributed by atoms with Gasteiger partial charge < -0.3 is 10.1 Å². The van der Waals surface area contributed by atoms with Crippen LogP contribution in [0.1, 0.15) is 25.1 Å². The fourth-order valence-corrected chi connectivity index (χ4v) is 2.05. The maximum Gasteiger partial charge on any atom is 0.120 e. The third-order valence-electron chi connectivity index (χ3n) is 2.93. The van der Waals surface area contributed by atoms with Crippen molar-refractivity contribution in [2.45, 2.75) is 32.9 Å². The van der Waals surface area contributed by atoms with Gasteiger partial charge in [-0.15, -0.1) is 0 Å². The summed E-state index contributed by atoms with van der Waals surface area (Å²) in [5.74, 6) is 0.934. The predicted octanol–water partition coefficient (Wildman–Crippen LogP) is 2.54. The molecule has 1 aromatic heterocycles. The van der Waals surface area contributed by atoms with Gasteiger partial charge in [0.1, 0.15) is 5.75 Å². The highest BCUT2D eigenvalue weighted by atomic mass is 16.5. The summed E-state index contributed by atoms with van der Waals surface area (Å²) in [5, 5.41) is 7.79. The first kappa shape index (κ1) is 14.6. The lowest BCUT2D eigenvalue weighted by Gasteiger charge is -2.11. The fraction of sp³-hybridized carbons (Fsp3) is 0.438. The number of aromatic nitrogens is 2. The van der Waals surface area contributed by atoms with E-state index in [0.29, 0.717) is 0 Å². The van der Waals surface area contributed by atoms with Crippen molar-refractivity contribution in [1.29, 1.82) is 0 Å². The zero-order chi connectivity index (χ0) is 14.4. The molecule has 0 unspecified atom stereocenters. The lowest BCUT2D eigenvalue weighted by atomic mass is 10.2. The average Bonchev–Trinajstić information content (AvgIpc) is 2.80. The summed E-state index contributed by atoms with van der Waals surface area (Å²) in [6.45, 7) is 5.85. The quantitative estimate of drug-likeness (QED) is 0.788.